The maximum atomic E-state index is 14.0. The van der Waals surface area contributed by atoms with Crippen LogP contribution in [-0.4, -0.2) is 113 Å². The van der Waals surface area contributed by atoms with E-state index >= 15 is 0 Å². The Bertz CT molecular complexity index is 1760. The van der Waals surface area contributed by atoms with E-state index in [1.54, 1.807) is 30.6 Å². The van der Waals surface area contributed by atoms with E-state index < -0.39 is 29.4 Å². The standard InChI is InChI=1S/C38H53N7O6S/c1-8-9-26-12-15-28-30(39)31(52-33(28)41-26)32(46)40-17-16-25-10-13-27(14-11-25)44-22-23-45(36(49)51-38(5,6)7)29(24-44)34(47)42-18-20-43(21-19-42)35(48)50-37(2,3)4/h10-15,29H,8-9,16-24,39H2,1-7H3,(H,40,46). The highest BCUT2D eigenvalue weighted by Crippen LogP contribution is 2.33. The van der Waals surface area contributed by atoms with E-state index in [0.717, 1.165) is 40.0 Å². The molecule has 1 unspecified atom stereocenters. The van der Waals surface area contributed by atoms with Crippen LogP contribution in [0.5, 0.6) is 0 Å². The van der Waals surface area contributed by atoms with E-state index in [-0.39, 0.29) is 11.8 Å². The first-order chi connectivity index (χ1) is 24.5. The van der Waals surface area contributed by atoms with Crippen molar-refractivity contribution in [1.82, 2.24) is 25.0 Å². The number of nitrogens with one attached hydrogen (secondary N) is 1. The Morgan fingerprint density at radius 3 is 2.12 bits per heavy atom. The Balaban J connectivity index is 1.20. The van der Waals surface area contributed by atoms with Crippen molar-refractivity contribution >= 4 is 56.9 Å². The minimum atomic E-state index is -0.763. The number of nitrogen functional groups attached to an aromatic ring is 1. The molecule has 5 rings (SSSR count). The normalized spacial score (nSPS) is 16.9. The summed E-state index contributed by atoms with van der Waals surface area (Å²) in [5.41, 5.74) is 8.43. The lowest BCUT2D eigenvalue weighted by atomic mass is 10.1. The van der Waals surface area contributed by atoms with Gasteiger partial charge in [0.2, 0.25) is 5.91 Å². The number of piperazine rings is 2. The van der Waals surface area contributed by atoms with Crippen molar-refractivity contribution in [1.29, 1.82) is 0 Å². The zero-order chi connectivity index (χ0) is 37.8. The van der Waals surface area contributed by atoms with E-state index in [1.165, 1.54) is 16.2 Å². The number of aryl methyl sites for hydroxylation is 1. The van der Waals surface area contributed by atoms with Crippen LogP contribution in [0.2, 0.25) is 0 Å². The molecule has 2 saturated heterocycles. The number of aromatic nitrogens is 1. The number of ether oxygens (including phenoxy) is 2. The van der Waals surface area contributed by atoms with E-state index in [1.807, 2.05) is 57.2 Å². The Morgan fingerprint density at radius 1 is 0.846 bits per heavy atom. The minimum absolute atomic E-state index is 0.178. The van der Waals surface area contributed by atoms with Crippen LogP contribution >= 0.6 is 11.3 Å². The zero-order valence-electron chi connectivity index (χ0n) is 31.5. The first kappa shape index (κ1) is 38.6. The highest BCUT2D eigenvalue weighted by molar-refractivity contribution is 7.21. The predicted octanol–water partition coefficient (Wildman–Crippen LogP) is 5.31. The predicted molar refractivity (Wildman–Crippen MR) is 204 cm³/mol. The number of thiophene rings is 1. The largest absolute Gasteiger partial charge is 0.444 e. The van der Waals surface area contributed by atoms with Gasteiger partial charge in [-0.25, -0.2) is 14.6 Å². The Hall–Kier alpha value is -4.59. The van der Waals surface area contributed by atoms with Gasteiger partial charge in [-0.2, -0.15) is 0 Å². The molecule has 0 aliphatic carbocycles. The van der Waals surface area contributed by atoms with Gasteiger partial charge < -0.3 is 35.2 Å². The molecule has 4 amide bonds. The highest BCUT2D eigenvalue weighted by Gasteiger charge is 2.41. The van der Waals surface area contributed by atoms with E-state index in [4.69, 9.17) is 15.2 Å². The quantitative estimate of drug-likeness (QED) is 0.314. The first-order valence-electron chi connectivity index (χ1n) is 18.1. The monoisotopic (exact) mass is 735 g/mol. The summed E-state index contributed by atoms with van der Waals surface area (Å²) in [5, 5.41) is 3.81. The van der Waals surface area contributed by atoms with Crippen molar-refractivity contribution in [2.75, 3.05) is 63.0 Å². The van der Waals surface area contributed by atoms with Crippen LogP contribution in [0.4, 0.5) is 21.0 Å². The third kappa shape index (κ3) is 9.64. The van der Waals surface area contributed by atoms with Gasteiger partial charge in [0, 0.05) is 69.1 Å². The summed E-state index contributed by atoms with van der Waals surface area (Å²) >= 11 is 1.32. The number of amides is 4. The molecule has 0 bridgehead atoms. The zero-order valence-corrected chi connectivity index (χ0v) is 32.3. The Kier molecular flexibility index (Phi) is 11.9. The second kappa shape index (κ2) is 16.0. The maximum Gasteiger partial charge on any atom is 0.411 e. The SMILES string of the molecule is CCCc1ccc2c(N)c(C(=O)NCCc3ccc(N4CCN(C(=O)OC(C)(C)C)C(C(=O)N5CCN(C(=O)OC(C)(C)C)CC5)C4)cc3)sc2n1. The lowest BCUT2D eigenvalue weighted by Crippen LogP contribution is -2.63. The summed E-state index contributed by atoms with van der Waals surface area (Å²) in [6, 6.07) is 11.2. The van der Waals surface area contributed by atoms with Crippen LogP contribution in [0, 0.1) is 0 Å². The molecule has 13 nitrogen and oxygen atoms in total. The van der Waals surface area contributed by atoms with Gasteiger partial charge >= 0.3 is 12.2 Å². The molecule has 4 heterocycles. The molecule has 0 saturated carbocycles. The molecule has 282 valence electrons. The average Bonchev–Trinajstić information content (AvgIpc) is 3.42. The second-order valence-corrected chi connectivity index (χ2v) is 16.3. The van der Waals surface area contributed by atoms with Gasteiger partial charge in [0.25, 0.3) is 5.91 Å². The molecular formula is C38H53N7O6S. The van der Waals surface area contributed by atoms with E-state index in [0.29, 0.717) is 69.3 Å². The number of anilines is 2. The average molecular weight is 736 g/mol. The van der Waals surface area contributed by atoms with Gasteiger partial charge in [-0.15, -0.1) is 11.3 Å². The van der Waals surface area contributed by atoms with Gasteiger partial charge in [-0.1, -0.05) is 25.5 Å². The fraction of sp³-hybridized carbons (Fsp3) is 0.553. The van der Waals surface area contributed by atoms with Crippen molar-refractivity contribution < 1.29 is 28.7 Å². The van der Waals surface area contributed by atoms with Gasteiger partial charge in [0.1, 0.15) is 27.0 Å². The number of hydrogen-bond donors (Lipinski definition) is 2. The van der Waals surface area contributed by atoms with Crippen LogP contribution in [-0.2, 0) is 27.1 Å². The fourth-order valence-corrected chi connectivity index (χ4v) is 7.32. The lowest BCUT2D eigenvalue weighted by molar-refractivity contribution is -0.139. The third-order valence-electron chi connectivity index (χ3n) is 8.90. The number of carbonyl (C=O) groups is 4. The summed E-state index contributed by atoms with van der Waals surface area (Å²) < 4.78 is 11.2. The number of pyridine rings is 1. The number of fused-ring (bicyclic) bond motifs is 1. The molecule has 52 heavy (non-hydrogen) atoms. The minimum Gasteiger partial charge on any atom is -0.444 e. The molecule has 2 aliphatic rings. The Labute approximate surface area is 310 Å². The summed E-state index contributed by atoms with van der Waals surface area (Å²) in [4.78, 5) is 65.9. The Morgan fingerprint density at radius 2 is 1.48 bits per heavy atom. The molecular weight excluding hydrogens is 683 g/mol. The van der Waals surface area contributed by atoms with Crippen LogP contribution in [0.15, 0.2) is 36.4 Å². The van der Waals surface area contributed by atoms with Crippen LogP contribution in [0.3, 0.4) is 0 Å². The summed E-state index contributed by atoms with van der Waals surface area (Å²) in [5.74, 6) is -0.387. The van der Waals surface area contributed by atoms with Gasteiger partial charge in [0.15, 0.2) is 0 Å². The van der Waals surface area contributed by atoms with Crippen molar-refractivity contribution in [2.24, 2.45) is 0 Å². The summed E-state index contributed by atoms with van der Waals surface area (Å²) in [6.07, 6.45) is 1.58. The second-order valence-electron chi connectivity index (χ2n) is 15.4. The fourth-order valence-electron chi connectivity index (χ4n) is 6.29. The molecule has 14 heteroatoms. The van der Waals surface area contributed by atoms with Gasteiger partial charge in [0.05, 0.1) is 5.69 Å². The molecule has 1 aromatic carbocycles. The molecule has 0 spiro atoms. The number of nitrogens with zero attached hydrogens (tertiary/aromatic N) is 5. The topological polar surface area (TPSA) is 151 Å². The molecule has 0 radical (unpaired) electrons. The summed E-state index contributed by atoms with van der Waals surface area (Å²) in [6.45, 7) is 15.9. The number of rotatable bonds is 8. The van der Waals surface area contributed by atoms with Crippen molar-refractivity contribution in [3.8, 4) is 0 Å². The smallest absolute Gasteiger partial charge is 0.411 e. The van der Waals surface area contributed by atoms with E-state index in [9.17, 15) is 19.2 Å². The summed E-state index contributed by atoms with van der Waals surface area (Å²) in [7, 11) is 0. The third-order valence-corrected chi connectivity index (χ3v) is 10.0. The lowest BCUT2D eigenvalue weighted by Gasteiger charge is -2.44. The maximum absolute atomic E-state index is 14.0. The number of benzene rings is 1. The molecule has 3 aromatic rings. The first-order valence-corrected chi connectivity index (χ1v) is 18.9. The van der Waals surface area contributed by atoms with Crippen molar-refractivity contribution in [3.05, 3.63) is 52.5 Å². The molecule has 2 fully saturated rings. The van der Waals surface area contributed by atoms with Gasteiger partial charge in [-0.05, 0) is 84.2 Å². The van der Waals surface area contributed by atoms with Gasteiger partial charge in [-0.3, -0.25) is 14.5 Å². The molecule has 2 aliphatic heterocycles. The highest BCUT2D eigenvalue weighted by atomic mass is 32.1. The molecule has 3 N–H and O–H groups in total. The van der Waals surface area contributed by atoms with E-state index in [2.05, 4.69) is 22.1 Å². The van der Waals surface area contributed by atoms with Crippen molar-refractivity contribution in [3.63, 3.8) is 0 Å². The number of carbonyl (C=O) groups excluding carboxylic acids is 4. The van der Waals surface area contributed by atoms with Crippen LogP contribution in [0.1, 0.15) is 75.8 Å². The van der Waals surface area contributed by atoms with Crippen LogP contribution in [0.25, 0.3) is 10.2 Å². The number of hydrogen-bond acceptors (Lipinski definition) is 10. The molecule has 1 atom stereocenters. The van der Waals surface area contributed by atoms with Crippen LogP contribution < -0.4 is 16.0 Å². The van der Waals surface area contributed by atoms with Crippen molar-refractivity contribution in [2.45, 2.75) is 85.0 Å². The molecule has 2 aromatic heterocycles. The number of nitrogens with two attached hydrogens (primary N) is 1.